The van der Waals surface area contributed by atoms with E-state index in [1.807, 2.05) is 0 Å². The monoisotopic (exact) mass is 388 g/mol. The third kappa shape index (κ3) is 4.32. The van der Waals surface area contributed by atoms with Gasteiger partial charge in [0.15, 0.2) is 12.1 Å². The van der Waals surface area contributed by atoms with Crippen LogP contribution in [0.25, 0.3) is 0 Å². The van der Waals surface area contributed by atoms with Crippen molar-refractivity contribution < 1.29 is 37.3 Å². The molecule has 1 aliphatic rings. The predicted molar refractivity (Wildman–Crippen MR) is 88.4 cm³/mol. The number of hydrogen-bond acceptors (Lipinski definition) is 5. The summed E-state index contributed by atoms with van der Waals surface area (Å²) in [7, 11) is 0. The first-order valence-corrected chi connectivity index (χ1v) is 7.89. The van der Waals surface area contributed by atoms with Gasteiger partial charge >= 0.3 is 18.0 Å². The van der Waals surface area contributed by atoms with Crippen molar-refractivity contribution in [1.82, 2.24) is 5.32 Å². The number of amidine groups is 1. The summed E-state index contributed by atoms with van der Waals surface area (Å²) in [6, 6.07) is 1.92. The Morgan fingerprint density at radius 3 is 2.52 bits per heavy atom. The molecular formula is C17H19F3N2O5. The summed E-state index contributed by atoms with van der Waals surface area (Å²) in [5.74, 6) is -6.15. The lowest BCUT2D eigenvalue weighted by Gasteiger charge is -2.38. The van der Waals surface area contributed by atoms with E-state index in [1.54, 1.807) is 20.8 Å². The Kier molecular flexibility index (Phi) is 5.13. The van der Waals surface area contributed by atoms with E-state index in [4.69, 9.17) is 14.6 Å². The van der Waals surface area contributed by atoms with Gasteiger partial charge in [0.05, 0.1) is 5.56 Å². The minimum atomic E-state index is -3.68. The lowest BCUT2D eigenvalue weighted by molar-refractivity contribution is -0.118. The molecule has 2 rings (SSSR count). The molecule has 0 aliphatic carbocycles. The Labute approximate surface area is 153 Å². The minimum absolute atomic E-state index is 0.383. The summed E-state index contributed by atoms with van der Waals surface area (Å²) >= 11 is 0. The second kappa shape index (κ2) is 6.75. The van der Waals surface area contributed by atoms with E-state index < -0.39 is 53.1 Å². The summed E-state index contributed by atoms with van der Waals surface area (Å²) in [6.45, 7) is 4.52. The highest BCUT2D eigenvalue weighted by atomic mass is 19.3. The summed E-state index contributed by atoms with van der Waals surface area (Å²) in [5, 5.41) is 11.1. The van der Waals surface area contributed by atoms with Crippen LogP contribution in [-0.4, -0.2) is 41.3 Å². The molecule has 10 heteroatoms. The van der Waals surface area contributed by atoms with Gasteiger partial charge in [0.1, 0.15) is 11.4 Å². The van der Waals surface area contributed by atoms with Crippen LogP contribution in [0, 0.1) is 5.82 Å². The molecule has 0 aromatic heterocycles. The first-order chi connectivity index (χ1) is 12.2. The Balaban J connectivity index is 2.46. The number of aliphatic imine (C=N–C) groups is 1. The molecule has 0 unspecified atom stereocenters. The molecule has 1 aromatic carbocycles. The number of halogens is 3. The molecule has 0 bridgehead atoms. The maximum absolute atomic E-state index is 14.5. The van der Waals surface area contributed by atoms with Crippen molar-refractivity contribution in [3.63, 3.8) is 0 Å². The second-order valence-corrected chi connectivity index (χ2v) is 7.11. The zero-order valence-corrected chi connectivity index (χ0v) is 15.1. The molecule has 7 nitrogen and oxygen atoms in total. The number of carbonyl (C=O) groups excluding carboxylic acids is 1. The van der Waals surface area contributed by atoms with Crippen molar-refractivity contribution in [2.24, 2.45) is 4.99 Å². The highest BCUT2D eigenvalue weighted by Gasteiger charge is 2.56. The Morgan fingerprint density at radius 1 is 1.33 bits per heavy atom. The molecule has 2 N–H and O–H groups in total. The summed E-state index contributed by atoms with van der Waals surface area (Å²) in [4.78, 5) is 26.6. The number of rotatable bonds is 2. The number of alkyl carbamates (subject to hydrolysis) is 1. The maximum atomic E-state index is 14.5. The first kappa shape index (κ1) is 20.5. The molecule has 1 atom stereocenters. The van der Waals surface area contributed by atoms with Crippen molar-refractivity contribution in [3.8, 4) is 0 Å². The predicted octanol–water partition coefficient (Wildman–Crippen LogP) is 3.29. The number of nitrogens with zero attached hydrogens (tertiary/aromatic N) is 1. The summed E-state index contributed by atoms with van der Waals surface area (Å²) < 4.78 is 53.1. The van der Waals surface area contributed by atoms with Crippen LogP contribution >= 0.6 is 0 Å². The lowest BCUT2D eigenvalue weighted by Crippen LogP contribution is -2.53. The molecular weight excluding hydrogens is 369 g/mol. The van der Waals surface area contributed by atoms with Gasteiger partial charge < -0.3 is 14.6 Å². The SMILES string of the molecule is CC(C)(C)OC(=O)NC1=N[C@](C)(c2cc(C(=O)O)ccc2F)C(F)(F)CO1. The van der Waals surface area contributed by atoms with Crippen molar-refractivity contribution in [2.75, 3.05) is 6.61 Å². The van der Waals surface area contributed by atoms with E-state index in [1.165, 1.54) is 0 Å². The lowest BCUT2D eigenvalue weighted by atomic mass is 9.84. The highest BCUT2D eigenvalue weighted by molar-refractivity contribution is 5.91. The topological polar surface area (TPSA) is 97.2 Å². The smallest absolute Gasteiger partial charge is 0.415 e. The molecule has 1 heterocycles. The van der Waals surface area contributed by atoms with Gasteiger partial charge in [-0.1, -0.05) is 0 Å². The minimum Gasteiger partial charge on any atom is -0.478 e. The Morgan fingerprint density at radius 2 is 1.96 bits per heavy atom. The molecule has 0 radical (unpaired) electrons. The molecule has 0 spiro atoms. The average Bonchev–Trinajstić information content (AvgIpc) is 2.49. The van der Waals surface area contributed by atoms with E-state index in [0.29, 0.717) is 0 Å². The van der Waals surface area contributed by atoms with Crippen molar-refractivity contribution in [1.29, 1.82) is 0 Å². The van der Waals surface area contributed by atoms with E-state index >= 15 is 0 Å². The van der Waals surface area contributed by atoms with Crippen LogP contribution in [-0.2, 0) is 15.0 Å². The maximum Gasteiger partial charge on any atom is 0.415 e. The van der Waals surface area contributed by atoms with Gasteiger partial charge in [-0.05, 0) is 45.9 Å². The van der Waals surface area contributed by atoms with Crippen LogP contribution in [0.1, 0.15) is 43.6 Å². The number of ether oxygens (including phenoxy) is 2. The zero-order valence-electron chi connectivity index (χ0n) is 15.1. The van der Waals surface area contributed by atoms with E-state index in [0.717, 1.165) is 25.1 Å². The van der Waals surface area contributed by atoms with Crippen LogP contribution in [0.5, 0.6) is 0 Å². The highest BCUT2D eigenvalue weighted by Crippen LogP contribution is 2.44. The standard InChI is InChI=1S/C17H19F3N2O5/c1-15(2,3)27-14(25)21-13-22-16(4,17(19,20)8-26-13)10-7-9(12(23)24)5-6-11(10)18/h5-7H,8H2,1-4H3,(H,23,24)(H,21,22,25)/t16-/m1/s1. The fraction of sp³-hybridized carbons (Fsp3) is 0.471. The van der Waals surface area contributed by atoms with E-state index in [-0.39, 0.29) is 5.56 Å². The second-order valence-electron chi connectivity index (χ2n) is 7.11. The molecule has 27 heavy (non-hydrogen) atoms. The summed E-state index contributed by atoms with van der Waals surface area (Å²) in [6.07, 6.45) is -0.992. The Hall–Kier alpha value is -2.78. The largest absolute Gasteiger partial charge is 0.478 e. The van der Waals surface area contributed by atoms with Gasteiger partial charge in [0, 0.05) is 5.56 Å². The summed E-state index contributed by atoms with van der Waals surface area (Å²) in [5.41, 5.74) is -4.38. The molecule has 148 valence electrons. The third-order valence-corrected chi connectivity index (χ3v) is 3.77. The quantitative estimate of drug-likeness (QED) is 0.810. The number of nitrogens with one attached hydrogen (secondary N) is 1. The van der Waals surface area contributed by atoms with Crippen molar-refractivity contribution in [2.45, 2.75) is 44.8 Å². The number of benzene rings is 1. The number of aromatic carboxylic acids is 1. The fourth-order valence-electron chi connectivity index (χ4n) is 2.36. The third-order valence-electron chi connectivity index (χ3n) is 3.77. The van der Waals surface area contributed by atoms with Gasteiger partial charge in [0.2, 0.25) is 0 Å². The number of alkyl halides is 2. The normalized spacial score (nSPS) is 21.7. The van der Waals surface area contributed by atoms with E-state index in [9.17, 15) is 22.8 Å². The van der Waals surface area contributed by atoms with Crippen LogP contribution < -0.4 is 5.32 Å². The number of hydrogen-bond donors (Lipinski definition) is 2. The van der Waals surface area contributed by atoms with Crippen LogP contribution in [0.4, 0.5) is 18.0 Å². The molecule has 1 aliphatic heterocycles. The van der Waals surface area contributed by atoms with Crippen molar-refractivity contribution in [3.05, 3.63) is 35.1 Å². The van der Waals surface area contributed by atoms with Crippen LogP contribution in [0.3, 0.4) is 0 Å². The fourth-order valence-corrected chi connectivity index (χ4v) is 2.36. The van der Waals surface area contributed by atoms with E-state index in [2.05, 4.69) is 10.3 Å². The first-order valence-electron chi connectivity index (χ1n) is 7.89. The molecule has 1 aromatic rings. The molecule has 0 saturated heterocycles. The number of amides is 1. The molecule has 0 fully saturated rings. The van der Waals surface area contributed by atoms with Gasteiger partial charge in [0.25, 0.3) is 6.02 Å². The van der Waals surface area contributed by atoms with Crippen LogP contribution in [0.15, 0.2) is 23.2 Å². The van der Waals surface area contributed by atoms with Gasteiger partial charge in [-0.3, -0.25) is 0 Å². The molecule has 1 amide bonds. The average molecular weight is 388 g/mol. The Bertz CT molecular complexity index is 804. The van der Waals surface area contributed by atoms with Gasteiger partial charge in [-0.25, -0.2) is 24.3 Å². The molecule has 0 saturated carbocycles. The number of carboxylic acid groups (broad SMARTS) is 1. The van der Waals surface area contributed by atoms with Crippen LogP contribution in [0.2, 0.25) is 0 Å². The van der Waals surface area contributed by atoms with Gasteiger partial charge in [-0.15, -0.1) is 0 Å². The van der Waals surface area contributed by atoms with Crippen molar-refractivity contribution >= 4 is 18.1 Å². The zero-order chi connectivity index (χ0) is 20.6. The number of carboxylic acids is 1. The number of carbonyl (C=O) groups is 2. The van der Waals surface area contributed by atoms with Gasteiger partial charge in [-0.2, -0.15) is 8.78 Å².